The van der Waals surface area contributed by atoms with E-state index in [4.69, 9.17) is 14.2 Å². The molecule has 0 aromatic carbocycles. The zero-order valence-corrected chi connectivity index (χ0v) is 10.1. The molecule has 16 heavy (non-hydrogen) atoms. The normalized spacial score (nSPS) is 30.1. The van der Waals surface area contributed by atoms with Gasteiger partial charge in [-0.15, -0.1) is 0 Å². The second kappa shape index (κ2) is 3.89. The maximum absolute atomic E-state index is 11.9. The van der Waals surface area contributed by atoms with Gasteiger partial charge in [0, 0.05) is 6.54 Å². The van der Waals surface area contributed by atoms with E-state index in [-0.39, 0.29) is 11.7 Å². The average Bonchev–Trinajstić information content (AvgIpc) is 2.91. The van der Waals surface area contributed by atoms with E-state index in [1.807, 2.05) is 20.8 Å². The predicted octanol–water partition coefficient (Wildman–Crippen LogP) is 1.02. The lowest BCUT2D eigenvalue weighted by atomic mass is 10.2. The first-order valence-corrected chi connectivity index (χ1v) is 5.60. The number of nitrogens with zero attached hydrogens (tertiary/aromatic N) is 1. The number of carbonyl (C=O) groups is 1. The number of epoxide rings is 1. The van der Waals surface area contributed by atoms with Gasteiger partial charge in [-0.1, -0.05) is 0 Å². The van der Waals surface area contributed by atoms with E-state index >= 15 is 0 Å². The molecule has 0 N–H and O–H groups in total. The number of rotatable bonds is 0. The Morgan fingerprint density at radius 2 is 2.06 bits per heavy atom. The lowest BCUT2D eigenvalue weighted by Gasteiger charge is -2.26. The summed E-state index contributed by atoms with van der Waals surface area (Å²) in [6.07, 6.45) is -0.284. The molecule has 2 aliphatic rings. The fraction of sp³-hybridized carbons (Fsp3) is 0.909. The molecule has 92 valence electrons. The van der Waals surface area contributed by atoms with Gasteiger partial charge in [-0.3, -0.25) is 0 Å². The summed E-state index contributed by atoms with van der Waals surface area (Å²) >= 11 is 0. The molecule has 2 fully saturated rings. The molecule has 1 spiro atoms. The van der Waals surface area contributed by atoms with Crippen molar-refractivity contribution in [3.05, 3.63) is 0 Å². The summed E-state index contributed by atoms with van der Waals surface area (Å²) in [5, 5.41) is 0. The Kier molecular flexibility index (Phi) is 2.84. The van der Waals surface area contributed by atoms with Gasteiger partial charge in [-0.25, -0.2) is 4.79 Å². The Bertz CT molecular complexity index is 280. The molecule has 1 unspecified atom stereocenters. The quantitative estimate of drug-likeness (QED) is 0.582. The van der Waals surface area contributed by atoms with E-state index in [1.165, 1.54) is 0 Å². The van der Waals surface area contributed by atoms with Gasteiger partial charge >= 0.3 is 6.09 Å². The number of ether oxygens (including phenoxy) is 3. The Morgan fingerprint density at radius 3 is 2.62 bits per heavy atom. The van der Waals surface area contributed by atoms with Crippen LogP contribution in [0.15, 0.2) is 0 Å². The van der Waals surface area contributed by atoms with Crippen LogP contribution in [0.2, 0.25) is 0 Å². The second-order valence-electron chi connectivity index (χ2n) is 5.43. The highest BCUT2D eigenvalue weighted by Gasteiger charge is 2.49. The standard InChI is InChI=1S/C11H19NO4/c1-10(2,3)16-9(13)12-4-5-14-7-11(6-12)8-15-11/h4-8H2,1-3H3. The van der Waals surface area contributed by atoms with E-state index in [1.54, 1.807) is 4.90 Å². The van der Waals surface area contributed by atoms with Gasteiger partial charge in [0.2, 0.25) is 0 Å². The average molecular weight is 229 g/mol. The van der Waals surface area contributed by atoms with Gasteiger partial charge in [0.1, 0.15) is 11.2 Å². The smallest absolute Gasteiger partial charge is 0.410 e. The van der Waals surface area contributed by atoms with Gasteiger partial charge in [-0.05, 0) is 20.8 Å². The summed E-state index contributed by atoms with van der Waals surface area (Å²) in [7, 11) is 0. The molecule has 2 saturated heterocycles. The molecule has 0 saturated carbocycles. The van der Waals surface area contributed by atoms with Crippen LogP contribution in [0.3, 0.4) is 0 Å². The summed E-state index contributed by atoms with van der Waals surface area (Å²) in [4.78, 5) is 13.5. The summed E-state index contributed by atoms with van der Waals surface area (Å²) in [5.41, 5.74) is -0.713. The minimum atomic E-state index is -0.457. The number of amides is 1. The fourth-order valence-electron chi connectivity index (χ4n) is 1.66. The van der Waals surface area contributed by atoms with E-state index in [0.717, 1.165) is 0 Å². The first kappa shape index (κ1) is 11.7. The number of carbonyl (C=O) groups excluding carboxylic acids is 1. The molecule has 2 heterocycles. The van der Waals surface area contributed by atoms with Crippen molar-refractivity contribution in [1.82, 2.24) is 4.90 Å². The topological polar surface area (TPSA) is 51.3 Å². The van der Waals surface area contributed by atoms with Crippen molar-refractivity contribution in [3.63, 3.8) is 0 Å². The monoisotopic (exact) mass is 229 g/mol. The van der Waals surface area contributed by atoms with Crippen molar-refractivity contribution in [3.8, 4) is 0 Å². The molecule has 5 heteroatoms. The van der Waals surface area contributed by atoms with Crippen LogP contribution in [-0.2, 0) is 14.2 Å². The van der Waals surface area contributed by atoms with Crippen molar-refractivity contribution in [1.29, 1.82) is 0 Å². The lowest BCUT2D eigenvalue weighted by Crippen LogP contribution is -2.42. The first-order valence-electron chi connectivity index (χ1n) is 5.60. The van der Waals surface area contributed by atoms with Crippen LogP contribution < -0.4 is 0 Å². The minimum Gasteiger partial charge on any atom is -0.444 e. The van der Waals surface area contributed by atoms with Crippen LogP contribution >= 0.6 is 0 Å². The third-order valence-electron chi connectivity index (χ3n) is 2.55. The van der Waals surface area contributed by atoms with Gasteiger partial charge in [0.25, 0.3) is 0 Å². The molecule has 1 amide bonds. The van der Waals surface area contributed by atoms with Gasteiger partial charge in [0.05, 0.1) is 26.4 Å². The van der Waals surface area contributed by atoms with E-state index < -0.39 is 5.60 Å². The molecule has 0 bridgehead atoms. The van der Waals surface area contributed by atoms with Crippen LogP contribution in [-0.4, -0.2) is 55.1 Å². The molecule has 0 radical (unpaired) electrons. The van der Waals surface area contributed by atoms with Crippen LogP contribution in [0.1, 0.15) is 20.8 Å². The van der Waals surface area contributed by atoms with Gasteiger partial charge in [-0.2, -0.15) is 0 Å². The van der Waals surface area contributed by atoms with Crippen LogP contribution in [0.5, 0.6) is 0 Å². The fourth-order valence-corrected chi connectivity index (χ4v) is 1.66. The Hall–Kier alpha value is -0.810. The van der Waals surface area contributed by atoms with Crippen LogP contribution in [0.25, 0.3) is 0 Å². The zero-order chi connectivity index (χ0) is 11.8. The third kappa shape index (κ3) is 2.86. The van der Waals surface area contributed by atoms with Crippen molar-refractivity contribution < 1.29 is 19.0 Å². The number of hydrogen-bond acceptors (Lipinski definition) is 4. The van der Waals surface area contributed by atoms with Crippen LogP contribution in [0, 0.1) is 0 Å². The highest BCUT2D eigenvalue weighted by atomic mass is 16.6. The molecule has 5 nitrogen and oxygen atoms in total. The zero-order valence-electron chi connectivity index (χ0n) is 10.1. The Labute approximate surface area is 95.6 Å². The van der Waals surface area contributed by atoms with E-state index in [0.29, 0.717) is 32.9 Å². The predicted molar refractivity (Wildman–Crippen MR) is 57.3 cm³/mol. The summed E-state index contributed by atoms with van der Waals surface area (Å²) in [6, 6.07) is 0. The lowest BCUT2D eigenvalue weighted by molar-refractivity contribution is 0.0224. The highest BCUT2D eigenvalue weighted by molar-refractivity contribution is 5.68. The Balaban J connectivity index is 1.94. The summed E-state index contributed by atoms with van der Waals surface area (Å²) in [6.45, 7) is 8.53. The van der Waals surface area contributed by atoms with Gasteiger partial charge in [0.15, 0.2) is 0 Å². The van der Waals surface area contributed by atoms with Gasteiger partial charge < -0.3 is 19.1 Å². The molecule has 0 aromatic rings. The first-order chi connectivity index (χ1) is 7.40. The van der Waals surface area contributed by atoms with E-state index in [9.17, 15) is 4.79 Å². The summed E-state index contributed by atoms with van der Waals surface area (Å²) in [5.74, 6) is 0. The summed E-state index contributed by atoms with van der Waals surface area (Å²) < 4.78 is 16.1. The van der Waals surface area contributed by atoms with Crippen molar-refractivity contribution >= 4 is 6.09 Å². The second-order valence-corrected chi connectivity index (χ2v) is 5.43. The Morgan fingerprint density at radius 1 is 1.38 bits per heavy atom. The molecule has 2 aliphatic heterocycles. The largest absolute Gasteiger partial charge is 0.444 e. The molecule has 0 aromatic heterocycles. The molecular weight excluding hydrogens is 210 g/mol. The van der Waals surface area contributed by atoms with Crippen molar-refractivity contribution in [2.24, 2.45) is 0 Å². The molecular formula is C11H19NO4. The van der Waals surface area contributed by atoms with Crippen molar-refractivity contribution in [2.75, 3.05) is 32.9 Å². The van der Waals surface area contributed by atoms with Crippen LogP contribution in [0.4, 0.5) is 4.79 Å². The highest BCUT2D eigenvalue weighted by Crippen LogP contribution is 2.30. The molecule has 2 rings (SSSR count). The maximum Gasteiger partial charge on any atom is 0.410 e. The third-order valence-corrected chi connectivity index (χ3v) is 2.55. The minimum absolute atomic E-state index is 0.257. The van der Waals surface area contributed by atoms with E-state index in [2.05, 4.69) is 0 Å². The van der Waals surface area contributed by atoms with Crippen molar-refractivity contribution in [2.45, 2.75) is 32.0 Å². The molecule has 0 aliphatic carbocycles. The maximum atomic E-state index is 11.9. The number of hydrogen-bond donors (Lipinski definition) is 0. The molecule has 1 atom stereocenters. The SMILES string of the molecule is CC(C)(C)OC(=O)N1CCOCC2(CO2)C1.